The average molecular weight is 395 g/mol. The van der Waals surface area contributed by atoms with Crippen LogP contribution >= 0.6 is 0 Å². The van der Waals surface area contributed by atoms with Crippen LogP contribution in [-0.2, 0) is 9.53 Å². The normalized spacial score (nSPS) is 22.6. The zero-order valence-electron chi connectivity index (χ0n) is 17.0. The second-order valence-corrected chi connectivity index (χ2v) is 8.86. The first kappa shape index (κ1) is 18.7. The van der Waals surface area contributed by atoms with E-state index in [-0.39, 0.29) is 5.41 Å². The van der Waals surface area contributed by atoms with Gasteiger partial charge in [0.1, 0.15) is 0 Å². The van der Waals surface area contributed by atoms with E-state index in [1.54, 1.807) is 0 Å². The molecule has 0 saturated carbocycles. The highest BCUT2D eigenvalue weighted by Gasteiger charge is 2.47. The molecule has 3 aliphatic rings. The molecule has 4 heterocycles. The molecule has 3 aliphatic heterocycles. The van der Waals surface area contributed by atoms with Gasteiger partial charge in [-0.2, -0.15) is 5.10 Å². The molecule has 0 radical (unpaired) electrons. The van der Waals surface area contributed by atoms with Crippen molar-refractivity contribution >= 4 is 11.6 Å². The second kappa shape index (κ2) is 7.82. The lowest BCUT2D eigenvalue weighted by Gasteiger charge is -2.36. The van der Waals surface area contributed by atoms with Crippen molar-refractivity contribution in [3.63, 3.8) is 0 Å². The molecule has 0 unspecified atom stereocenters. The maximum atomic E-state index is 13.0. The zero-order chi connectivity index (χ0) is 19.7. The van der Waals surface area contributed by atoms with Gasteiger partial charge in [0, 0.05) is 56.8 Å². The van der Waals surface area contributed by atoms with Gasteiger partial charge < -0.3 is 14.5 Å². The SMILES string of the molecule is O=C1N(CC2CCN(c3ccc(-c4cn[nH]c4)cc3)CC2)CCC12CCOCC2. The van der Waals surface area contributed by atoms with Crippen LogP contribution in [0.15, 0.2) is 36.7 Å². The Balaban J connectivity index is 1.15. The van der Waals surface area contributed by atoms with Gasteiger partial charge in [-0.3, -0.25) is 9.89 Å². The molecule has 3 saturated heterocycles. The van der Waals surface area contributed by atoms with Gasteiger partial charge >= 0.3 is 0 Å². The summed E-state index contributed by atoms with van der Waals surface area (Å²) in [5.41, 5.74) is 3.49. The number of aromatic nitrogens is 2. The molecule has 0 aliphatic carbocycles. The number of hydrogen-bond donors (Lipinski definition) is 1. The van der Waals surface area contributed by atoms with E-state index in [1.807, 2.05) is 12.4 Å². The standard InChI is InChI=1S/C23H30N4O2/c28-22-23(8-13-29-14-9-23)7-12-27(22)17-18-5-10-26(11-6-18)21-3-1-19(2-4-21)20-15-24-25-16-20/h1-4,15-16,18H,5-14,17H2,(H,24,25). The highest BCUT2D eigenvalue weighted by molar-refractivity contribution is 5.85. The summed E-state index contributed by atoms with van der Waals surface area (Å²) >= 11 is 0. The molecule has 1 N–H and O–H groups in total. The lowest BCUT2D eigenvalue weighted by Crippen LogP contribution is -2.42. The maximum absolute atomic E-state index is 13.0. The van der Waals surface area contributed by atoms with E-state index in [9.17, 15) is 4.79 Å². The summed E-state index contributed by atoms with van der Waals surface area (Å²) in [6.45, 7) is 5.51. The van der Waals surface area contributed by atoms with E-state index in [0.29, 0.717) is 11.8 Å². The van der Waals surface area contributed by atoms with Crippen LogP contribution in [0.3, 0.4) is 0 Å². The Morgan fingerprint density at radius 2 is 1.79 bits per heavy atom. The Morgan fingerprint density at radius 1 is 1.03 bits per heavy atom. The fourth-order valence-corrected chi connectivity index (χ4v) is 5.25. The lowest BCUT2D eigenvalue weighted by molar-refractivity contribution is -0.141. The summed E-state index contributed by atoms with van der Waals surface area (Å²) in [5.74, 6) is 1.02. The van der Waals surface area contributed by atoms with E-state index in [1.165, 1.54) is 11.3 Å². The molecule has 154 valence electrons. The molecule has 0 atom stereocenters. The molecule has 29 heavy (non-hydrogen) atoms. The summed E-state index contributed by atoms with van der Waals surface area (Å²) in [4.78, 5) is 17.7. The summed E-state index contributed by atoms with van der Waals surface area (Å²) in [7, 11) is 0. The van der Waals surface area contributed by atoms with Crippen molar-refractivity contribution in [1.29, 1.82) is 0 Å². The first-order chi connectivity index (χ1) is 14.2. The molecule has 1 spiro atoms. The van der Waals surface area contributed by atoms with Gasteiger partial charge in [-0.1, -0.05) is 12.1 Å². The third-order valence-corrected chi connectivity index (χ3v) is 7.21. The lowest BCUT2D eigenvalue weighted by atomic mass is 9.79. The Hall–Kier alpha value is -2.34. The van der Waals surface area contributed by atoms with Crippen molar-refractivity contribution in [3.05, 3.63) is 36.7 Å². The van der Waals surface area contributed by atoms with E-state index >= 15 is 0 Å². The predicted molar refractivity (Wildman–Crippen MR) is 113 cm³/mol. The molecule has 6 heteroatoms. The molecular formula is C23H30N4O2. The van der Waals surface area contributed by atoms with Crippen LogP contribution in [0, 0.1) is 11.3 Å². The van der Waals surface area contributed by atoms with Crippen molar-refractivity contribution < 1.29 is 9.53 Å². The summed E-state index contributed by atoms with van der Waals surface area (Å²) in [6.07, 6.45) is 8.93. The third-order valence-electron chi connectivity index (χ3n) is 7.21. The van der Waals surface area contributed by atoms with Gasteiger partial charge in [-0.25, -0.2) is 0 Å². The molecule has 2 aromatic rings. The van der Waals surface area contributed by atoms with E-state index in [2.05, 4.69) is 44.3 Å². The average Bonchev–Trinajstić information content (AvgIpc) is 3.41. The first-order valence-electron chi connectivity index (χ1n) is 10.9. The third kappa shape index (κ3) is 3.66. The van der Waals surface area contributed by atoms with E-state index < -0.39 is 0 Å². The van der Waals surface area contributed by atoms with E-state index in [4.69, 9.17) is 4.74 Å². The number of likely N-dealkylation sites (tertiary alicyclic amines) is 1. The van der Waals surface area contributed by atoms with Crippen LogP contribution in [0.1, 0.15) is 32.1 Å². The number of hydrogen-bond acceptors (Lipinski definition) is 4. The fourth-order valence-electron chi connectivity index (χ4n) is 5.25. The fraction of sp³-hybridized carbons (Fsp3) is 0.565. The topological polar surface area (TPSA) is 61.5 Å². The van der Waals surface area contributed by atoms with Crippen LogP contribution in [0.4, 0.5) is 5.69 Å². The Kier molecular flexibility index (Phi) is 5.04. The predicted octanol–water partition coefficient (Wildman–Crippen LogP) is 3.32. The molecule has 5 rings (SSSR count). The van der Waals surface area contributed by atoms with Gasteiger partial charge in [-0.05, 0) is 55.7 Å². The number of nitrogens with zero attached hydrogens (tertiary/aromatic N) is 3. The van der Waals surface area contributed by atoms with Crippen molar-refractivity contribution in [2.24, 2.45) is 11.3 Å². The smallest absolute Gasteiger partial charge is 0.229 e. The van der Waals surface area contributed by atoms with Crippen LogP contribution in [0.5, 0.6) is 0 Å². The number of carbonyl (C=O) groups is 1. The molecule has 1 amide bonds. The Morgan fingerprint density at radius 3 is 2.48 bits per heavy atom. The monoisotopic (exact) mass is 394 g/mol. The van der Waals surface area contributed by atoms with Gasteiger partial charge in [0.25, 0.3) is 0 Å². The largest absolute Gasteiger partial charge is 0.381 e. The van der Waals surface area contributed by atoms with Crippen LogP contribution in [-0.4, -0.2) is 60.4 Å². The van der Waals surface area contributed by atoms with Crippen LogP contribution in [0.25, 0.3) is 11.1 Å². The zero-order valence-corrected chi connectivity index (χ0v) is 17.0. The van der Waals surface area contributed by atoms with Gasteiger partial charge in [0.2, 0.25) is 5.91 Å². The Labute approximate surface area is 172 Å². The van der Waals surface area contributed by atoms with Crippen LogP contribution < -0.4 is 4.90 Å². The quantitative estimate of drug-likeness (QED) is 0.864. The molecule has 6 nitrogen and oxygen atoms in total. The second-order valence-electron chi connectivity index (χ2n) is 8.86. The summed E-state index contributed by atoms with van der Waals surface area (Å²) in [5, 5.41) is 6.89. The minimum absolute atomic E-state index is 0.102. The van der Waals surface area contributed by atoms with Gasteiger partial charge in [0.15, 0.2) is 0 Å². The highest BCUT2D eigenvalue weighted by atomic mass is 16.5. The molecule has 3 fully saturated rings. The maximum Gasteiger partial charge on any atom is 0.229 e. The number of carbonyl (C=O) groups excluding carboxylic acids is 1. The number of H-pyrrole nitrogens is 1. The number of piperidine rings is 1. The summed E-state index contributed by atoms with van der Waals surface area (Å²) in [6, 6.07) is 8.76. The minimum Gasteiger partial charge on any atom is -0.381 e. The molecular weight excluding hydrogens is 364 g/mol. The first-order valence-corrected chi connectivity index (χ1v) is 10.9. The number of ether oxygens (including phenoxy) is 1. The number of rotatable bonds is 4. The molecule has 1 aromatic heterocycles. The van der Waals surface area contributed by atoms with Crippen molar-refractivity contribution in [3.8, 4) is 11.1 Å². The molecule has 0 bridgehead atoms. The van der Waals surface area contributed by atoms with E-state index in [0.717, 1.165) is 77.1 Å². The number of anilines is 1. The number of aromatic amines is 1. The van der Waals surface area contributed by atoms with Crippen molar-refractivity contribution in [2.75, 3.05) is 44.3 Å². The van der Waals surface area contributed by atoms with Crippen molar-refractivity contribution in [1.82, 2.24) is 15.1 Å². The Bertz CT molecular complexity index is 819. The minimum atomic E-state index is -0.102. The van der Waals surface area contributed by atoms with Gasteiger partial charge in [0.05, 0.1) is 11.6 Å². The summed E-state index contributed by atoms with van der Waals surface area (Å²) < 4.78 is 5.49. The van der Waals surface area contributed by atoms with Crippen LogP contribution in [0.2, 0.25) is 0 Å². The number of amides is 1. The van der Waals surface area contributed by atoms with Gasteiger partial charge in [-0.15, -0.1) is 0 Å². The highest BCUT2D eigenvalue weighted by Crippen LogP contribution is 2.41. The van der Waals surface area contributed by atoms with Crippen molar-refractivity contribution in [2.45, 2.75) is 32.1 Å². The number of benzene rings is 1. The number of nitrogens with one attached hydrogen (secondary N) is 1. The molecule has 1 aromatic carbocycles.